The van der Waals surface area contributed by atoms with Gasteiger partial charge in [0.15, 0.2) is 0 Å². The van der Waals surface area contributed by atoms with Crippen molar-refractivity contribution < 1.29 is 0 Å². The van der Waals surface area contributed by atoms with Crippen LogP contribution in [0.2, 0.25) is 0 Å². The summed E-state index contributed by atoms with van der Waals surface area (Å²) in [5.41, 5.74) is 7.83. The van der Waals surface area contributed by atoms with Gasteiger partial charge in [-0.1, -0.05) is 13.3 Å². The van der Waals surface area contributed by atoms with Crippen LogP contribution < -0.4 is 11.1 Å². The molecule has 1 aromatic rings. The second-order valence-corrected chi connectivity index (χ2v) is 4.36. The lowest BCUT2D eigenvalue weighted by atomic mass is 9.85. The number of nitrogens with two attached hydrogens (primary N) is 1. The predicted molar refractivity (Wildman–Crippen MR) is 62.8 cm³/mol. The first-order valence-corrected chi connectivity index (χ1v) is 5.77. The highest BCUT2D eigenvalue weighted by Gasteiger charge is 2.18. The number of nitrogen functional groups attached to an aromatic ring is 1. The van der Waals surface area contributed by atoms with Crippen LogP contribution in [0.4, 0.5) is 11.5 Å². The number of aryl methyl sites for hydroxylation is 2. The maximum atomic E-state index is 6.01. The van der Waals surface area contributed by atoms with Gasteiger partial charge in [-0.25, -0.2) is 0 Å². The van der Waals surface area contributed by atoms with E-state index >= 15 is 0 Å². The summed E-state index contributed by atoms with van der Waals surface area (Å²) in [6.45, 7) is 3.11. The summed E-state index contributed by atoms with van der Waals surface area (Å²) in [6.07, 6.45) is 4.98. The quantitative estimate of drug-likeness (QED) is 0.793. The summed E-state index contributed by atoms with van der Waals surface area (Å²) in [5, 5.41) is 7.79. The molecule has 0 saturated heterocycles. The van der Waals surface area contributed by atoms with E-state index in [1.807, 2.05) is 11.7 Å². The van der Waals surface area contributed by atoms with E-state index in [9.17, 15) is 0 Å². The van der Waals surface area contributed by atoms with Crippen molar-refractivity contribution in [2.24, 2.45) is 13.0 Å². The summed E-state index contributed by atoms with van der Waals surface area (Å²) >= 11 is 0. The van der Waals surface area contributed by atoms with Crippen molar-refractivity contribution in [3.63, 3.8) is 0 Å². The number of rotatable bonds is 4. The molecule has 1 saturated carbocycles. The van der Waals surface area contributed by atoms with Crippen LogP contribution in [0, 0.1) is 5.92 Å². The summed E-state index contributed by atoms with van der Waals surface area (Å²) in [5.74, 6) is 1.82. The van der Waals surface area contributed by atoms with Crippen molar-refractivity contribution in [3.05, 3.63) is 5.69 Å². The zero-order valence-corrected chi connectivity index (χ0v) is 9.58. The third-order valence-corrected chi connectivity index (χ3v) is 3.28. The maximum Gasteiger partial charge on any atom is 0.147 e. The van der Waals surface area contributed by atoms with Crippen LogP contribution in [-0.4, -0.2) is 16.3 Å². The monoisotopic (exact) mass is 208 g/mol. The molecule has 4 heteroatoms. The zero-order chi connectivity index (χ0) is 10.8. The van der Waals surface area contributed by atoms with Gasteiger partial charge in [-0.05, 0) is 25.2 Å². The lowest BCUT2D eigenvalue weighted by molar-refractivity contribution is 0.333. The summed E-state index contributed by atoms with van der Waals surface area (Å²) < 4.78 is 1.85. The Hall–Kier alpha value is -1.19. The molecule has 1 aromatic heterocycles. The molecule has 0 unspecified atom stereocenters. The Kier molecular flexibility index (Phi) is 2.84. The van der Waals surface area contributed by atoms with Crippen molar-refractivity contribution in [1.29, 1.82) is 0 Å². The van der Waals surface area contributed by atoms with Crippen LogP contribution in [-0.2, 0) is 13.5 Å². The fraction of sp³-hybridized carbons (Fsp3) is 0.727. The molecule has 15 heavy (non-hydrogen) atoms. The van der Waals surface area contributed by atoms with E-state index in [-0.39, 0.29) is 0 Å². The second kappa shape index (κ2) is 4.13. The van der Waals surface area contributed by atoms with Gasteiger partial charge in [-0.3, -0.25) is 4.68 Å². The molecular formula is C11H20N4. The van der Waals surface area contributed by atoms with Crippen LogP contribution in [0.1, 0.15) is 31.9 Å². The first-order valence-electron chi connectivity index (χ1n) is 5.77. The average Bonchev–Trinajstić information content (AvgIpc) is 2.42. The Bertz CT molecular complexity index is 339. The Morgan fingerprint density at radius 2 is 2.27 bits per heavy atom. The van der Waals surface area contributed by atoms with E-state index in [1.165, 1.54) is 19.3 Å². The Morgan fingerprint density at radius 3 is 2.73 bits per heavy atom. The number of nitrogens with one attached hydrogen (secondary N) is 1. The molecule has 0 bridgehead atoms. The normalized spacial score (nSPS) is 16.4. The molecule has 0 aliphatic heterocycles. The molecule has 0 spiro atoms. The first kappa shape index (κ1) is 10.3. The molecule has 1 fully saturated rings. The average molecular weight is 208 g/mol. The molecule has 0 radical (unpaired) electrons. The Morgan fingerprint density at radius 1 is 1.53 bits per heavy atom. The van der Waals surface area contributed by atoms with Crippen molar-refractivity contribution in [3.8, 4) is 0 Å². The molecule has 1 aliphatic carbocycles. The van der Waals surface area contributed by atoms with Crippen molar-refractivity contribution in [2.45, 2.75) is 32.6 Å². The topological polar surface area (TPSA) is 55.9 Å². The van der Waals surface area contributed by atoms with Gasteiger partial charge in [0.2, 0.25) is 0 Å². The fourth-order valence-electron chi connectivity index (χ4n) is 2.00. The van der Waals surface area contributed by atoms with Gasteiger partial charge in [-0.2, -0.15) is 5.10 Å². The number of nitrogens with zero attached hydrogens (tertiary/aromatic N) is 2. The van der Waals surface area contributed by atoms with Gasteiger partial charge >= 0.3 is 0 Å². The molecule has 4 nitrogen and oxygen atoms in total. The molecule has 2 rings (SSSR count). The van der Waals surface area contributed by atoms with Crippen LogP contribution in [0.5, 0.6) is 0 Å². The van der Waals surface area contributed by atoms with Crippen LogP contribution in [0.15, 0.2) is 0 Å². The lowest BCUT2D eigenvalue weighted by Crippen LogP contribution is -2.22. The van der Waals surface area contributed by atoms with E-state index in [2.05, 4.69) is 17.3 Å². The maximum absolute atomic E-state index is 6.01. The zero-order valence-electron chi connectivity index (χ0n) is 9.58. The number of anilines is 2. The van der Waals surface area contributed by atoms with Crippen molar-refractivity contribution >= 4 is 11.5 Å². The number of aromatic nitrogens is 2. The molecule has 3 N–H and O–H groups in total. The third kappa shape index (κ3) is 1.94. The Balaban J connectivity index is 2.02. The minimum Gasteiger partial charge on any atom is -0.394 e. The molecule has 0 amide bonds. The first-order chi connectivity index (χ1) is 7.22. The highest BCUT2D eigenvalue weighted by Crippen LogP contribution is 2.28. The van der Waals surface area contributed by atoms with Crippen molar-refractivity contribution in [2.75, 3.05) is 17.6 Å². The van der Waals surface area contributed by atoms with Crippen molar-refractivity contribution in [1.82, 2.24) is 9.78 Å². The summed E-state index contributed by atoms with van der Waals surface area (Å²) in [6, 6.07) is 0. The van der Waals surface area contributed by atoms with Crippen LogP contribution in [0.3, 0.4) is 0 Å². The summed E-state index contributed by atoms with van der Waals surface area (Å²) in [7, 11) is 1.94. The van der Waals surface area contributed by atoms with E-state index in [0.717, 1.165) is 36.1 Å². The molecule has 1 heterocycles. The fourth-order valence-corrected chi connectivity index (χ4v) is 2.00. The van der Waals surface area contributed by atoms with Crippen LogP contribution in [0.25, 0.3) is 0 Å². The molecule has 1 aliphatic rings. The van der Waals surface area contributed by atoms with Crippen LogP contribution >= 0.6 is 0 Å². The van der Waals surface area contributed by atoms with Gasteiger partial charge in [0, 0.05) is 13.6 Å². The largest absolute Gasteiger partial charge is 0.394 e. The molecule has 0 atom stereocenters. The van der Waals surface area contributed by atoms with E-state index in [0.29, 0.717) is 0 Å². The minimum atomic E-state index is 0.819. The molecule has 84 valence electrons. The van der Waals surface area contributed by atoms with E-state index in [1.54, 1.807) is 0 Å². The molecule has 0 aromatic carbocycles. The highest BCUT2D eigenvalue weighted by atomic mass is 15.3. The number of hydrogen-bond acceptors (Lipinski definition) is 3. The van der Waals surface area contributed by atoms with E-state index in [4.69, 9.17) is 5.73 Å². The molecular weight excluding hydrogens is 188 g/mol. The number of hydrogen-bond donors (Lipinski definition) is 2. The van der Waals surface area contributed by atoms with Gasteiger partial charge in [0.05, 0.1) is 11.4 Å². The predicted octanol–water partition coefficient (Wildman–Crippen LogP) is 1.78. The van der Waals surface area contributed by atoms with Gasteiger partial charge < -0.3 is 11.1 Å². The lowest BCUT2D eigenvalue weighted by Gasteiger charge is -2.25. The Labute approximate surface area is 90.8 Å². The van der Waals surface area contributed by atoms with Gasteiger partial charge in [0.25, 0.3) is 0 Å². The van der Waals surface area contributed by atoms with Gasteiger partial charge in [-0.15, -0.1) is 0 Å². The third-order valence-electron chi connectivity index (χ3n) is 3.28. The smallest absolute Gasteiger partial charge is 0.147 e. The summed E-state index contributed by atoms with van der Waals surface area (Å²) in [4.78, 5) is 0. The SMILES string of the molecule is CCc1nn(C)c(NCC2CCC2)c1N. The van der Waals surface area contributed by atoms with Gasteiger partial charge in [0.1, 0.15) is 5.82 Å². The van der Waals surface area contributed by atoms with E-state index < -0.39 is 0 Å². The minimum absolute atomic E-state index is 0.819. The highest BCUT2D eigenvalue weighted by molar-refractivity contribution is 5.64. The standard InChI is InChI=1S/C11H20N4/c1-3-9-10(12)11(15(2)14-9)13-7-8-5-4-6-8/h8,13H,3-7,12H2,1-2H3. The second-order valence-electron chi connectivity index (χ2n) is 4.36.